The number of hydrogen-bond acceptors (Lipinski definition) is 6. The highest BCUT2D eigenvalue weighted by Gasteiger charge is 2.35. The highest BCUT2D eigenvalue weighted by Crippen LogP contribution is 2.33. The van der Waals surface area contributed by atoms with Crippen molar-refractivity contribution in [3.05, 3.63) is 59.2 Å². The maximum atomic E-state index is 12.5. The predicted octanol–water partition coefficient (Wildman–Crippen LogP) is 9.78. The van der Waals surface area contributed by atoms with Crippen LogP contribution >= 0.6 is 0 Å². The van der Waals surface area contributed by atoms with Crippen molar-refractivity contribution in [1.82, 2.24) is 4.98 Å². The van der Waals surface area contributed by atoms with Gasteiger partial charge in [-0.15, -0.1) is 0 Å². The molecule has 0 aliphatic carbocycles. The van der Waals surface area contributed by atoms with E-state index in [0.717, 1.165) is 42.4 Å². The smallest absolute Gasteiger partial charge is 0.344 e. The van der Waals surface area contributed by atoms with E-state index in [0.29, 0.717) is 36.2 Å². The fourth-order valence-corrected chi connectivity index (χ4v) is 5.44. The van der Waals surface area contributed by atoms with Crippen LogP contribution in [0.4, 0.5) is 0 Å². The summed E-state index contributed by atoms with van der Waals surface area (Å²) in [7, 11) is 0. The van der Waals surface area contributed by atoms with E-state index in [2.05, 4.69) is 25.8 Å². The largest absolute Gasteiger partial charge is 0.494 e. The Balaban J connectivity index is 1.16. The Morgan fingerprint density at radius 1 is 0.837 bits per heavy atom. The van der Waals surface area contributed by atoms with Crippen LogP contribution in [0.1, 0.15) is 112 Å². The highest BCUT2D eigenvalue weighted by molar-refractivity contribution is 5.80. The third-order valence-electron chi connectivity index (χ3n) is 8.57. The molecule has 0 fully saturated rings. The molecular formula is C37H53NO5. The van der Waals surface area contributed by atoms with Gasteiger partial charge in [0.05, 0.1) is 24.2 Å². The molecule has 1 unspecified atom stereocenters. The summed E-state index contributed by atoms with van der Waals surface area (Å²) in [5, 5.41) is 0.801. The summed E-state index contributed by atoms with van der Waals surface area (Å²) in [5.41, 5.74) is 1.10. The van der Waals surface area contributed by atoms with Crippen molar-refractivity contribution >= 4 is 16.9 Å². The molecule has 0 saturated heterocycles. The quantitative estimate of drug-likeness (QED) is 0.0961. The number of aromatic nitrogens is 1. The molecule has 6 heteroatoms. The van der Waals surface area contributed by atoms with E-state index >= 15 is 0 Å². The molecule has 0 bridgehead atoms. The SMILES string of the molecule is CC(C)CC(C)C(C)(C)C(=O)OCCCCCCCCCCCCCOc1ccc(-c2cc3cnccc3oc2=O)cc1. The number of fused-ring (bicyclic) bond motifs is 1. The Kier molecular flexibility index (Phi) is 14.3. The second kappa shape index (κ2) is 17.8. The first-order valence-electron chi connectivity index (χ1n) is 16.5. The number of rotatable bonds is 20. The minimum Gasteiger partial charge on any atom is -0.494 e. The summed E-state index contributed by atoms with van der Waals surface area (Å²) >= 11 is 0. The van der Waals surface area contributed by atoms with Gasteiger partial charge in [-0.3, -0.25) is 9.78 Å². The number of nitrogens with zero attached hydrogens (tertiary/aromatic N) is 1. The molecule has 0 N–H and O–H groups in total. The molecule has 6 nitrogen and oxygen atoms in total. The van der Waals surface area contributed by atoms with Crippen molar-refractivity contribution in [2.75, 3.05) is 13.2 Å². The second-order valence-electron chi connectivity index (χ2n) is 13.0. The van der Waals surface area contributed by atoms with Gasteiger partial charge in [-0.2, -0.15) is 0 Å². The average molecular weight is 592 g/mol. The monoisotopic (exact) mass is 591 g/mol. The number of pyridine rings is 1. The van der Waals surface area contributed by atoms with Crippen molar-refractivity contribution in [1.29, 1.82) is 0 Å². The first-order chi connectivity index (χ1) is 20.7. The first kappa shape index (κ1) is 34.3. The van der Waals surface area contributed by atoms with Crippen LogP contribution in [0.3, 0.4) is 0 Å². The van der Waals surface area contributed by atoms with Crippen molar-refractivity contribution in [2.45, 2.75) is 112 Å². The number of carbonyl (C=O) groups excluding carboxylic acids is 1. The van der Waals surface area contributed by atoms with Crippen LogP contribution in [-0.2, 0) is 9.53 Å². The Morgan fingerprint density at radius 2 is 1.42 bits per heavy atom. The molecule has 3 rings (SSSR count). The average Bonchev–Trinajstić information content (AvgIpc) is 2.98. The lowest BCUT2D eigenvalue weighted by Crippen LogP contribution is -2.34. The number of hydrogen-bond donors (Lipinski definition) is 0. The minimum absolute atomic E-state index is 0.0474. The third-order valence-corrected chi connectivity index (χ3v) is 8.57. The standard InChI is InChI=1S/C37H53NO5/c1-28(2)25-29(3)37(4,5)36(40)42-24-16-14-12-10-8-6-7-9-11-13-15-23-41-32-19-17-30(18-20-32)33-26-31-27-38-22-21-34(31)43-35(33)39/h17-22,26-29H,6-16,23-25H2,1-5H3. The molecule has 3 aromatic rings. The van der Waals surface area contributed by atoms with E-state index in [4.69, 9.17) is 13.9 Å². The fraction of sp³-hybridized carbons (Fsp3) is 0.595. The van der Waals surface area contributed by atoms with Crippen LogP contribution < -0.4 is 10.4 Å². The summed E-state index contributed by atoms with van der Waals surface area (Å²) in [6.45, 7) is 11.9. The summed E-state index contributed by atoms with van der Waals surface area (Å²) in [4.78, 5) is 29.0. The van der Waals surface area contributed by atoms with Gasteiger partial charge in [0.25, 0.3) is 0 Å². The molecule has 236 valence electrons. The second-order valence-corrected chi connectivity index (χ2v) is 13.0. The number of ether oxygens (including phenoxy) is 2. The zero-order valence-corrected chi connectivity index (χ0v) is 27.2. The van der Waals surface area contributed by atoms with Crippen molar-refractivity contribution < 1.29 is 18.7 Å². The van der Waals surface area contributed by atoms with Gasteiger partial charge in [-0.25, -0.2) is 4.79 Å². The van der Waals surface area contributed by atoms with Crippen LogP contribution in [-0.4, -0.2) is 24.2 Å². The number of esters is 1. The Hall–Kier alpha value is -3.15. The van der Waals surface area contributed by atoms with E-state index in [-0.39, 0.29) is 11.6 Å². The molecule has 2 aromatic heterocycles. The van der Waals surface area contributed by atoms with Crippen LogP contribution in [0.5, 0.6) is 5.75 Å². The van der Waals surface area contributed by atoms with Gasteiger partial charge >= 0.3 is 11.6 Å². The Labute approximate surface area is 258 Å². The van der Waals surface area contributed by atoms with Gasteiger partial charge in [0.1, 0.15) is 11.3 Å². The minimum atomic E-state index is -0.413. The molecule has 1 atom stereocenters. The van der Waals surface area contributed by atoms with Gasteiger partial charge in [-0.05, 0) is 74.8 Å². The molecule has 1 aromatic carbocycles. The molecule has 0 amide bonds. The third kappa shape index (κ3) is 11.5. The van der Waals surface area contributed by atoms with Crippen LogP contribution in [0, 0.1) is 17.3 Å². The lowest BCUT2D eigenvalue weighted by atomic mass is 9.76. The molecule has 0 radical (unpaired) electrons. The summed E-state index contributed by atoms with van der Waals surface area (Å²) in [6.07, 6.45) is 17.6. The summed E-state index contributed by atoms with van der Waals surface area (Å²) < 4.78 is 16.9. The zero-order valence-electron chi connectivity index (χ0n) is 27.2. The van der Waals surface area contributed by atoms with E-state index in [1.165, 1.54) is 51.4 Å². The number of benzene rings is 1. The highest BCUT2D eigenvalue weighted by atomic mass is 16.5. The molecule has 0 saturated carbocycles. The van der Waals surface area contributed by atoms with E-state index in [1.54, 1.807) is 18.5 Å². The first-order valence-corrected chi connectivity index (χ1v) is 16.5. The van der Waals surface area contributed by atoms with Gasteiger partial charge in [-0.1, -0.05) is 90.7 Å². The van der Waals surface area contributed by atoms with E-state index in [9.17, 15) is 9.59 Å². The van der Waals surface area contributed by atoms with Crippen molar-refractivity contribution in [2.24, 2.45) is 17.3 Å². The Morgan fingerprint density at radius 3 is 2.02 bits per heavy atom. The van der Waals surface area contributed by atoms with E-state index in [1.807, 2.05) is 44.2 Å². The topological polar surface area (TPSA) is 78.6 Å². The zero-order chi connectivity index (χ0) is 31.1. The maximum Gasteiger partial charge on any atom is 0.344 e. The van der Waals surface area contributed by atoms with E-state index < -0.39 is 5.41 Å². The lowest BCUT2D eigenvalue weighted by molar-refractivity contribution is -0.157. The predicted molar refractivity (Wildman–Crippen MR) is 175 cm³/mol. The van der Waals surface area contributed by atoms with Crippen LogP contribution in [0.2, 0.25) is 0 Å². The van der Waals surface area contributed by atoms with Crippen LogP contribution in [0.25, 0.3) is 22.1 Å². The normalized spacial score (nSPS) is 12.5. The summed E-state index contributed by atoms with van der Waals surface area (Å²) in [5.74, 6) is 1.68. The van der Waals surface area contributed by atoms with Gasteiger partial charge in [0.2, 0.25) is 0 Å². The maximum absolute atomic E-state index is 12.5. The Bertz CT molecular complexity index is 1290. The molecule has 43 heavy (non-hydrogen) atoms. The molecule has 0 aliphatic heterocycles. The number of unbranched alkanes of at least 4 members (excludes halogenated alkanes) is 10. The number of carbonyl (C=O) groups is 1. The van der Waals surface area contributed by atoms with Gasteiger partial charge < -0.3 is 13.9 Å². The summed E-state index contributed by atoms with van der Waals surface area (Å²) in [6, 6.07) is 11.1. The lowest BCUT2D eigenvalue weighted by Gasteiger charge is -2.30. The van der Waals surface area contributed by atoms with Gasteiger partial charge in [0, 0.05) is 17.8 Å². The van der Waals surface area contributed by atoms with Gasteiger partial charge in [0.15, 0.2) is 0 Å². The van der Waals surface area contributed by atoms with Crippen molar-refractivity contribution in [3.8, 4) is 16.9 Å². The molecule has 2 heterocycles. The van der Waals surface area contributed by atoms with Crippen molar-refractivity contribution in [3.63, 3.8) is 0 Å². The molecule has 0 aliphatic rings. The molecular weight excluding hydrogens is 538 g/mol. The fourth-order valence-electron chi connectivity index (χ4n) is 5.44. The molecule has 0 spiro atoms. The van der Waals surface area contributed by atoms with Crippen LogP contribution in [0.15, 0.2) is 58.0 Å².